The van der Waals surface area contributed by atoms with Crippen LogP contribution in [0.4, 0.5) is 0 Å². The Morgan fingerprint density at radius 1 is 1.06 bits per heavy atom. The fraction of sp³-hybridized carbons (Fsp3) is 0.240. The second-order valence-corrected chi connectivity index (χ2v) is 10.6. The summed E-state index contributed by atoms with van der Waals surface area (Å²) in [6.45, 7) is 4.31. The van der Waals surface area contributed by atoms with E-state index in [0.717, 1.165) is 39.3 Å². The van der Waals surface area contributed by atoms with Crippen molar-refractivity contribution in [1.29, 1.82) is 0 Å². The maximum atomic E-state index is 13.2. The third-order valence-corrected chi connectivity index (χ3v) is 8.07. The Hall–Kier alpha value is -2.94. The van der Waals surface area contributed by atoms with Gasteiger partial charge in [-0.05, 0) is 54.3 Å². The number of thiazole rings is 1. The molecule has 1 aromatic heterocycles. The largest absolute Gasteiger partial charge is 0.496 e. The maximum absolute atomic E-state index is 13.2. The van der Waals surface area contributed by atoms with Crippen molar-refractivity contribution in [1.82, 2.24) is 9.29 Å². The SMILES string of the molecule is CC[C@@H](NS(=O)(=O)c1ccc2c(c1)sc(=O)n2Cc1ccccc1)c1ccc(OC)c(C)c1. The Balaban J connectivity index is 1.63. The Labute approximate surface area is 197 Å². The summed E-state index contributed by atoms with van der Waals surface area (Å²) in [5.74, 6) is 0.761. The topological polar surface area (TPSA) is 77.4 Å². The van der Waals surface area contributed by atoms with Gasteiger partial charge in [-0.15, -0.1) is 0 Å². The molecule has 33 heavy (non-hydrogen) atoms. The van der Waals surface area contributed by atoms with Crippen LogP contribution in [-0.2, 0) is 16.6 Å². The summed E-state index contributed by atoms with van der Waals surface area (Å²) in [4.78, 5) is 12.6. The molecule has 0 aliphatic heterocycles. The molecule has 4 aromatic rings. The Kier molecular flexibility index (Phi) is 6.69. The van der Waals surface area contributed by atoms with Crippen LogP contribution in [0.15, 0.2) is 76.4 Å². The summed E-state index contributed by atoms with van der Waals surface area (Å²) in [5, 5.41) is 0. The minimum Gasteiger partial charge on any atom is -0.496 e. The fourth-order valence-corrected chi connectivity index (χ4v) is 6.23. The molecule has 172 valence electrons. The summed E-state index contributed by atoms with van der Waals surface area (Å²) in [5.41, 5.74) is 3.56. The smallest absolute Gasteiger partial charge is 0.308 e. The van der Waals surface area contributed by atoms with Gasteiger partial charge in [-0.3, -0.25) is 9.36 Å². The number of methoxy groups -OCH3 is 1. The van der Waals surface area contributed by atoms with Gasteiger partial charge in [0.25, 0.3) is 0 Å². The van der Waals surface area contributed by atoms with Crippen molar-refractivity contribution in [2.45, 2.75) is 37.8 Å². The van der Waals surface area contributed by atoms with Crippen LogP contribution in [0.25, 0.3) is 10.2 Å². The maximum Gasteiger partial charge on any atom is 0.308 e. The van der Waals surface area contributed by atoms with Crippen LogP contribution in [0.3, 0.4) is 0 Å². The average molecular weight is 483 g/mol. The lowest BCUT2D eigenvalue weighted by molar-refractivity contribution is 0.411. The van der Waals surface area contributed by atoms with Gasteiger partial charge in [0.1, 0.15) is 5.75 Å². The molecule has 0 aliphatic rings. The Bertz CT molecular complexity index is 1440. The number of nitrogens with zero attached hydrogens (tertiary/aromatic N) is 1. The van der Waals surface area contributed by atoms with Crippen molar-refractivity contribution >= 4 is 31.6 Å². The first-order valence-electron chi connectivity index (χ1n) is 10.7. The molecule has 4 rings (SSSR count). The molecule has 0 saturated carbocycles. The molecule has 0 radical (unpaired) electrons. The van der Waals surface area contributed by atoms with Crippen LogP contribution in [0, 0.1) is 6.92 Å². The van der Waals surface area contributed by atoms with Crippen LogP contribution in [0.1, 0.15) is 36.1 Å². The van der Waals surface area contributed by atoms with Crippen molar-refractivity contribution in [3.8, 4) is 5.75 Å². The van der Waals surface area contributed by atoms with E-state index in [9.17, 15) is 13.2 Å². The lowest BCUT2D eigenvalue weighted by Gasteiger charge is -2.19. The van der Waals surface area contributed by atoms with Gasteiger partial charge in [0, 0.05) is 6.04 Å². The number of nitrogens with one attached hydrogen (secondary N) is 1. The molecule has 0 fully saturated rings. The van der Waals surface area contributed by atoms with Crippen LogP contribution in [0.2, 0.25) is 0 Å². The lowest BCUT2D eigenvalue weighted by Crippen LogP contribution is -2.28. The van der Waals surface area contributed by atoms with E-state index in [1.54, 1.807) is 29.9 Å². The molecule has 0 unspecified atom stereocenters. The van der Waals surface area contributed by atoms with Crippen LogP contribution in [-0.4, -0.2) is 20.1 Å². The van der Waals surface area contributed by atoms with Crippen molar-refractivity contribution in [2.75, 3.05) is 7.11 Å². The molecule has 0 spiro atoms. The minimum atomic E-state index is -3.79. The number of hydrogen-bond donors (Lipinski definition) is 1. The highest BCUT2D eigenvalue weighted by Gasteiger charge is 2.22. The first-order chi connectivity index (χ1) is 15.8. The van der Waals surface area contributed by atoms with E-state index >= 15 is 0 Å². The molecule has 3 aromatic carbocycles. The quantitative estimate of drug-likeness (QED) is 0.389. The number of rotatable bonds is 8. The third kappa shape index (κ3) is 4.88. The van der Waals surface area contributed by atoms with Gasteiger partial charge in [-0.1, -0.05) is 60.7 Å². The molecule has 0 saturated heterocycles. The summed E-state index contributed by atoms with van der Waals surface area (Å²) in [6.07, 6.45) is 0.591. The number of ether oxygens (including phenoxy) is 1. The van der Waals surface area contributed by atoms with E-state index in [0.29, 0.717) is 17.7 Å². The van der Waals surface area contributed by atoms with Gasteiger partial charge >= 0.3 is 4.87 Å². The predicted octanol–water partition coefficient (Wildman–Crippen LogP) is 4.86. The summed E-state index contributed by atoms with van der Waals surface area (Å²) in [7, 11) is -2.18. The molecule has 1 heterocycles. The van der Waals surface area contributed by atoms with Gasteiger partial charge in [-0.25, -0.2) is 13.1 Å². The highest BCUT2D eigenvalue weighted by molar-refractivity contribution is 7.89. The Morgan fingerprint density at radius 2 is 1.82 bits per heavy atom. The number of aryl methyl sites for hydroxylation is 1. The summed E-state index contributed by atoms with van der Waals surface area (Å²) in [6, 6.07) is 19.9. The van der Waals surface area contributed by atoms with Gasteiger partial charge < -0.3 is 4.74 Å². The van der Waals surface area contributed by atoms with Gasteiger partial charge in [0.15, 0.2) is 0 Å². The average Bonchev–Trinajstić information content (AvgIpc) is 3.12. The third-order valence-electron chi connectivity index (χ3n) is 5.66. The molecule has 1 N–H and O–H groups in total. The van der Waals surface area contributed by atoms with E-state index in [1.807, 2.05) is 62.4 Å². The first kappa shape index (κ1) is 23.2. The lowest BCUT2D eigenvalue weighted by atomic mass is 10.0. The standard InChI is InChI=1S/C25H26N2O4S2/c1-4-21(19-10-13-23(31-3)17(2)14-19)26-33(29,30)20-11-12-22-24(15-20)32-25(28)27(22)16-18-8-6-5-7-9-18/h5-15,21,26H,4,16H2,1-3H3/t21-/m1/s1. The predicted molar refractivity (Wildman–Crippen MR) is 133 cm³/mol. The van der Waals surface area contributed by atoms with E-state index < -0.39 is 10.0 Å². The number of sulfonamides is 1. The van der Waals surface area contributed by atoms with Crippen molar-refractivity contribution in [3.63, 3.8) is 0 Å². The number of hydrogen-bond acceptors (Lipinski definition) is 5. The van der Waals surface area contributed by atoms with Gasteiger partial charge in [0.05, 0.1) is 28.8 Å². The van der Waals surface area contributed by atoms with Crippen LogP contribution >= 0.6 is 11.3 Å². The zero-order chi connectivity index (χ0) is 23.6. The summed E-state index contributed by atoms with van der Waals surface area (Å²) < 4.78 is 36.8. The van der Waals surface area contributed by atoms with E-state index in [1.165, 1.54) is 0 Å². The summed E-state index contributed by atoms with van der Waals surface area (Å²) >= 11 is 1.06. The van der Waals surface area contributed by atoms with Crippen LogP contribution < -0.4 is 14.3 Å². The van der Waals surface area contributed by atoms with E-state index in [-0.39, 0.29) is 15.8 Å². The second kappa shape index (κ2) is 9.51. The minimum absolute atomic E-state index is 0.114. The molecule has 8 heteroatoms. The molecule has 0 bridgehead atoms. The molecule has 6 nitrogen and oxygen atoms in total. The van der Waals surface area contributed by atoms with E-state index in [4.69, 9.17) is 4.74 Å². The second-order valence-electron chi connectivity index (χ2n) is 7.88. The first-order valence-corrected chi connectivity index (χ1v) is 13.0. The highest BCUT2D eigenvalue weighted by atomic mass is 32.2. The molecular formula is C25H26N2O4S2. The fourth-order valence-electron chi connectivity index (χ4n) is 3.89. The normalized spacial score (nSPS) is 12.7. The van der Waals surface area contributed by atoms with Crippen LogP contribution in [0.5, 0.6) is 5.75 Å². The zero-order valence-electron chi connectivity index (χ0n) is 18.7. The molecule has 0 aliphatic carbocycles. The molecule has 1 atom stereocenters. The Morgan fingerprint density at radius 3 is 2.48 bits per heavy atom. The van der Waals surface area contributed by atoms with E-state index in [2.05, 4.69) is 4.72 Å². The zero-order valence-corrected chi connectivity index (χ0v) is 20.4. The van der Waals surface area contributed by atoms with Crippen molar-refractivity contribution in [3.05, 3.63) is 93.1 Å². The highest BCUT2D eigenvalue weighted by Crippen LogP contribution is 2.27. The molecular weight excluding hydrogens is 456 g/mol. The van der Waals surface area contributed by atoms with Gasteiger partial charge in [0.2, 0.25) is 10.0 Å². The number of aromatic nitrogens is 1. The number of benzene rings is 3. The van der Waals surface area contributed by atoms with Crippen molar-refractivity contribution in [2.24, 2.45) is 0 Å². The van der Waals surface area contributed by atoms with Crippen molar-refractivity contribution < 1.29 is 13.2 Å². The number of fused-ring (bicyclic) bond motifs is 1. The molecule has 0 amide bonds. The monoisotopic (exact) mass is 482 g/mol. The van der Waals surface area contributed by atoms with Gasteiger partial charge in [-0.2, -0.15) is 0 Å².